The van der Waals surface area contributed by atoms with Crippen LogP contribution in [0.3, 0.4) is 0 Å². The number of amides is 1. The minimum Gasteiger partial charge on any atom is -0.381 e. The van der Waals surface area contributed by atoms with Crippen molar-refractivity contribution in [2.45, 2.75) is 65.0 Å². The van der Waals surface area contributed by atoms with Crippen LogP contribution in [-0.4, -0.2) is 49.2 Å². The highest BCUT2D eigenvalue weighted by atomic mass is 16.5. The van der Waals surface area contributed by atoms with E-state index < -0.39 is 0 Å². The van der Waals surface area contributed by atoms with Crippen LogP contribution < -0.4 is 5.32 Å². The van der Waals surface area contributed by atoms with Crippen molar-refractivity contribution < 1.29 is 9.53 Å². The molecule has 1 aliphatic heterocycles. The van der Waals surface area contributed by atoms with Gasteiger partial charge in [-0.15, -0.1) is 0 Å². The fourth-order valence-electron chi connectivity index (χ4n) is 2.43. The molecule has 1 aliphatic rings. The average Bonchev–Trinajstić information content (AvgIpc) is 2.37. The van der Waals surface area contributed by atoms with Crippen LogP contribution in [0, 0.1) is 0 Å². The van der Waals surface area contributed by atoms with Crippen molar-refractivity contribution in [3.05, 3.63) is 0 Å². The highest BCUT2D eigenvalue weighted by molar-refractivity contribution is 5.82. The van der Waals surface area contributed by atoms with Crippen LogP contribution in [0.5, 0.6) is 0 Å². The zero-order chi connectivity index (χ0) is 14.1. The number of piperidine rings is 1. The van der Waals surface area contributed by atoms with Gasteiger partial charge in [-0.3, -0.25) is 4.79 Å². The number of carbonyl (C=O) groups is 1. The van der Waals surface area contributed by atoms with E-state index in [2.05, 4.69) is 26.1 Å². The molecule has 1 heterocycles. The summed E-state index contributed by atoms with van der Waals surface area (Å²) in [6, 6.07) is 0.390. The van der Waals surface area contributed by atoms with Gasteiger partial charge in [0, 0.05) is 32.3 Å². The molecule has 0 aliphatic carbocycles. The Balaban J connectivity index is 2.19. The number of nitrogens with zero attached hydrogens (tertiary/aromatic N) is 1. The zero-order valence-electron chi connectivity index (χ0n) is 12.8. The topological polar surface area (TPSA) is 41.6 Å². The number of ether oxygens (including phenoxy) is 1. The van der Waals surface area contributed by atoms with Crippen molar-refractivity contribution in [1.82, 2.24) is 10.2 Å². The summed E-state index contributed by atoms with van der Waals surface area (Å²) in [4.78, 5) is 14.2. The van der Waals surface area contributed by atoms with E-state index in [1.54, 1.807) is 0 Å². The molecule has 4 nitrogen and oxygen atoms in total. The predicted octanol–water partition coefficient (Wildman–Crippen LogP) is 2.18. The van der Waals surface area contributed by atoms with Crippen molar-refractivity contribution in [2.24, 2.45) is 0 Å². The average molecular weight is 270 g/mol. The molecule has 1 saturated heterocycles. The highest BCUT2D eigenvalue weighted by Crippen LogP contribution is 2.12. The van der Waals surface area contributed by atoms with Crippen molar-refractivity contribution in [3.63, 3.8) is 0 Å². The van der Waals surface area contributed by atoms with E-state index in [9.17, 15) is 4.79 Å². The number of carbonyl (C=O) groups excluding carboxylic acids is 1. The van der Waals surface area contributed by atoms with Crippen LogP contribution in [0.25, 0.3) is 0 Å². The molecule has 0 saturated carbocycles. The first-order chi connectivity index (χ1) is 9.15. The molecule has 0 aromatic carbocycles. The molecule has 1 atom stereocenters. The van der Waals surface area contributed by atoms with Gasteiger partial charge in [0.1, 0.15) is 0 Å². The van der Waals surface area contributed by atoms with Crippen LogP contribution in [0.1, 0.15) is 52.9 Å². The Morgan fingerprint density at radius 1 is 1.37 bits per heavy atom. The van der Waals surface area contributed by atoms with E-state index >= 15 is 0 Å². The van der Waals surface area contributed by atoms with Gasteiger partial charge in [-0.1, -0.05) is 27.2 Å². The molecular weight excluding hydrogens is 240 g/mol. The van der Waals surface area contributed by atoms with E-state index in [1.165, 1.54) is 6.42 Å². The summed E-state index contributed by atoms with van der Waals surface area (Å²) in [5.41, 5.74) is 0. The molecular formula is C15H30N2O2. The smallest absolute Gasteiger partial charge is 0.239 e. The van der Waals surface area contributed by atoms with Gasteiger partial charge in [-0.25, -0.2) is 0 Å². The largest absolute Gasteiger partial charge is 0.381 e. The van der Waals surface area contributed by atoms with Gasteiger partial charge in [0.05, 0.1) is 6.04 Å². The Labute approximate surface area is 117 Å². The SMILES string of the molecule is CCCCOCCCN1CCCC(NC(C)C)C1=O. The van der Waals surface area contributed by atoms with Gasteiger partial charge in [0.2, 0.25) is 5.91 Å². The van der Waals surface area contributed by atoms with Gasteiger partial charge in [0.15, 0.2) is 0 Å². The molecule has 0 aromatic rings. The van der Waals surface area contributed by atoms with Crippen molar-refractivity contribution in [2.75, 3.05) is 26.3 Å². The number of hydrogen-bond donors (Lipinski definition) is 1. The Kier molecular flexibility index (Phi) is 8.07. The monoisotopic (exact) mass is 270 g/mol. The summed E-state index contributed by atoms with van der Waals surface area (Å²) in [5, 5.41) is 3.36. The van der Waals surface area contributed by atoms with Gasteiger partial charge in [-0.05, 0) is 25.7 Å². The standard InChI is InChI=1S/C15H30N2O2/c1-4-5-11-19-12-7-10-17-9-6-8-14(15(17)18)16-13(2)3/h13-14,16H,4-12H2,1-3H3. The predicted molar refractivity (Wildman–Crippen MR) is 78.2 cm³/mol. The lowest BCUT2D eigenvalue weighted by atomic mass is 10.0. The maximum atomic E-state index is 12.2. The second-order valence-electron chi connectivity index (χ2n) is 5.66. The Bertz CT molecular complexity index is 257. The van der Waals surface area contributed by atoms with Gasteiger partial charge in [-0.2, -0.15) is 0 Å². The fraction of sp³-hybridized carbons (Fsp3) is 0.933. The van der Waals surface area contributed by atoms with Crippen LogP contribution >= 0.6 is 0 Å². The lowest BCUT2D eigenvalue weighted by Gasteiger charge is -2.33. The minimum atomic E-state index is 0.0229. The summed E-state index contributed by atoms with van der Waals surface area (Å²) in [7, 11) is 0. The number of hydrogen-bond acceptors (Lipinski definition) is 3. The van der Waals surface area contributed by atoms with Crippen molar-refractivity contribution in [3.8, 4) is 0 Å². The van der Waals surface area contributed by atoms with E-state index in [-0.39, 0.29) is 11.9 Å². The second-order valence-corrected chi connectivity index (χ2v) is 5.66. The molecule has 1 amide bonds. The molecule has 0 radical (unpaired) electrons. The normalized spacial score (nSPS) is 20.3. The van der Waals surface area contributed by atoms with E-state index in [0.29, 0.717) is 6.04 Å². The van der Waals surface area contributed by atoms with E-state index in [1.807, 2.05) is 4.90 Å². The number of unbranched alkanes of at least 4 members (excludes halogenated alkanes) is 1. The fourth-order valence-corrected chi connectivity index (χ4v) is 2.43. The minimum absolute atomic E-state index is 0.0229. The first-order valence-electron chi connectivity index (χ1n) is 7.77. The van der Waals surface area contributed by atoms with Crippen LogP contribution in [0.2, 0.25) is 0 Å². The molecule has 112 valence electrons. The summed E-state index contributed by atoms with van der Waals surface area (Å²) < 4.78 is 5.54. The first-order valence-corrected chi connectivity index (χ1v) is 7.77. The highest BCUT2D eigenvalue weighted by Gasteiger charge is 2.28. The number of rotatable bonds is 9. The molecule has 0 aromatic heterocycles. The summed E-state index contributed by atoms with van der Waals surface area (Å²) in [6.07, 6.45) is 5.33. The molecule has 0 spiro atoms. The molecule has 1 N–H and O–H groups in total. The van der Waals surface area contributed by atoms with Crippen LogP contribution in [0.15, 0.2) is 0 Å². The third-order valence-corrected chi connectivity index (χ3v) is 3.42. The lowest BCUT2D eigenvalue weighted by Crippen LogP contribution is -2.52. The maximum absolute atomic E-state index is 12.2. The molecule has 1 unspecified atom stereocenters. The molecule has 1 fully saturated rings. The molecule has 1 rings (SSSR count). The quantitative estimate of drug-likeness (QED) is 0.653. The first kappa shape index (κ1) is 16.4. The second kappa shape index (κ2) is 9.32. The third kappa shape index (κ3) is 6.39. The van der Waals surface area contributed by atoms with Gasteiger partial charge < -0.3 is 15.0 Å². The van der Waals surface area contributed by atoms with Crippen molar-refractivity contribution in [1.29, 1.82) is 0 Å². The van der Waals surface area contributed by atoms with E-state index in [0.717, 1.165) is 52.0 Å². The maximum Gasteiger partial charge on any atom is 0.239 e. The lowest BCUT2D eigenvalue weighted by molar-refractivity contribution is -0.136. The Hall–Kier alpha value is -0.610. The molecule has 0 bridgehead atoms. The number of likely N-dealkylation sites (tertiary alicyclic amines) is 1. The van der Waals surface area contributed by atoms with Crippen molar-refractivity contribution >= 4 is 5.91 Å². The Morgan fingerprint density at radius 3 is 2.79 bits per heavy atom. The Morgan fingerprint density at radius 2 is 2.11 bits per heavy atom. The molecule has 19 heavy (non-hydrogen) atoms. The van der Waals surface area contributed by atoms with E-state index in [4.69, 9.17) is 4.74 Å². The zero-order valence-corrected chi connectivity index (χ0v) is 12.8. The van der Waals surface area contributed by atoms with Crippen LogP contribution in [-0.2, 0) is 9.53 Å². The number of nitrogens with one attached hydrogen (secondary N) is 1. The third-order valence-electron chi connectivity index (χ3n) is 3.42. The van der Waals surface area contributed by atoms with Crippen LogP contribution in [0.4, 0.5) is 0 Å². The molecule has 4 heteroatoms. The summed E-state index contributed by atoms with van der Waals surface area (Å²) in [5.74, 6) is 0.272. The van der Waals surface area contributed by atoms with Gasteiger partial charge >= 0.3 is 0 Å². The van der Waals surface area contributed by atoms with Gasteiger partial charge in [0.25, 0.3) is 0 Å². The summed E-state index contributed by atoms with van der Waals surface area (Å²) >= 11 is 0. The summed E-state index contributed by atoms with van der Waals surface area (Å²) in [6.45, 7) is 9.71.